The number of aromatic nitrogens is 2. The van der Waals surface area contributed by atoms with Crippen LogP contribution in [0.3, 0.4) is 0 Å². The molecule has 0 fully saturated rings. The van der Waals surface area contributed by atoms with Crippen LogP contribution in [0.15, 0.2) is 6.20 Å². The highest BCUT2D eigenvalue weighted by atomic mass is 32.1. The first-order valence-electron chi connectivity index (χ1n) is 6.43. The second kappa shape index (κ2) is 5.82. The maximum atomic E-state index is 9.12. The average molecular weight is 267 g/mol. The van der Waals surface area contributed by atoms with E-state index in [1.807, 2.05) is 0 Å². The molecule has 0 aliphatic carbocycles. The molecule has 1 N–H and O–H groups in total. The third-order valence-electron chi connectivity index (χ3n) is 3.07. The van der Waals surface area contributed by atoms with Crippen molar-refractivity contribution in [2.45, 2.75) is 33.7 Å². The Morgan fingerprint density at radius 3 is 2.83 bits per heavy atom. The Kier molecular flexibility index (Phi) is 4.37. The summed E-state index contributed by atoms with van der Waals surface area (Å²) in [4.78, 5) is 9.23. The van der Waals surface area contributed by atoms with Gasteiger partial charge in [0.05, 0.1) is 18.0 Å². The molecule has 18 heavy (non-hydrogen) atoms. The van der Waals surface area contributed by atoms with E-state index in [-0.39, 0.29) is 6.61 Å². The van der Waals surface area contributed by atoms with Gasteiger partial charge < -0.3 is 5.11 Å². The lowest BCUT2D eigenvalue weighted by atomic mass is 10.3. The summed E-state index contributed by atoms with van der Waals surface area (Å²) >= 11 is 1.72. The average Bonchev–Trinajstić information content (AvgIpc) is 2.78. The van der Waals surface area contributed by atoms with E-state index in [4.69, 9.17) is 5.11 Å². The molecule has 0 saturated heterocycles. The minimum atomic E-state index is 0.212. The fourth-order valence-electron chi connectivity index (χ4n) is 2.24. The fraction of sp³-hybridized carbons (Fsp3) is 0.615. The number of nitrogens with zero attached hydrogens (tertiary/aromatic N) is 3. The van der Waals surface area contributed by atoms with E-state index in [1.165, 1.54) is 10.6 Å². The zero-order valence-corrected chi connectivity index (χ0v) is 12.1. The molecule has 0 saturated carbocycles. The number of hydrogen-bond donors (Lipinski definition) is 1. The molecular weight excluding hydrogens is 246 g/mol. The summed E-state index contributed by atoms with van der Waals surface area (Å²) in [5, 5.41) is 9.12. The first-order chi connectivity index (χ1) is 8.65. The molecule has 0 aromatic carbocycles. The highest BCUT2D eigenvalue weighted by molar-refractivity contribution is 7.17. The van der Waals surface area contributed by atoms with E-state index in [1.54, 1.807) is 11.3 Å². The summed E-state index contributed by atoms with van der Waals surface area (Å²) in [6.45, 7) is 9.14. The van der Waals surface area contributed by atoms with Crippen LogP contribution in [0, 0.1) is 13.8 Å². The standard InChI is InChI=1S/C13H21N3OS/c1-4-5-15(6-7-17)9-12-11(3)14-13-16(12)8-10(2)18-13/h8,17H,4-7,9H2,1-3H3. The van der Waals surface area contributed by atoms with Gasteiger partial charge in [0.2, 0.25) is 0 Å². The molecule has 0 aliphatic heterocycles. The number of hydrogen-bond acceptors (Lipinski definition) is 4. The Balaban J connectivity index is 2.25. The van der Waals surface area contributed by atoms with E-state index in [9.17, 15) is 0 Å². The molecule has 0 spiro atoms. The zero-order chi connectivity index (χ0) is 13.1. The van der Waals surface area contributed by atoms with Gasteiger partial charge in [-0.1, -0.05) is 6.92 Å². The number of fused-ring (bicyclic) bond motifs is 1. The molecule has 2 aromatic heterocycles. The number of aliphatic hydroxyl groups is 1. The van der Waals surface area contributed by atoms with Gasteiger partial charge in [0.15, 0.2) is 4.96 Å². The second-order valence-electron chi connectivity index (χ2n) is 4.64. The van der Waals surface area contributed by atoms with Crippen molar-refractivity contribution in [2.24, 2.45) is 0 Å². The van der Waals surface area contributed by atoms with E-state index in [0.717, 1.165) is 36.7 Å². The molecule has 2 aromatic rings. The summed E-state index contributed by atoms with van der Waals surface area (Å²) in [6, 6.07) is 0. The smallest absolute Gasteiger partial charge is 0.194 e. The SMILES string of the molecule is CCCN(CCO)Cc1c(C)nc2sc(C)cn12. The molecule has 5 heteroatoms. The van der Waals surface area contributed by atoms with Crippen LogP contribution in [0.5, 0.6) is 0 Å². The lowest BCUT2D eigenvalue weighted by molar-refractivity contribution is 0.188. The minimum absolute atomic E-state index is 0.212. The van der Waals surface area contributed by atoms with Gasteiger partial charge in [-0.25, -0.2) is 4.98 Å². The molecule has 0 bridgehead atoms. The van der Waals surface area contributed by atoms with Crippen LogP contribution in [0.1, 0.15) is 29.6 Å². The monoisotopic (exact) mass is 267 g/mol. The Morgan fingerprint density at radius 2 is 2.17 bits per heavy atom. The lowest BCUT2D eigenvalue weighted by Gasteiger charge is -2.20. The van der Waals surface area contributed by atoms with E-state index >= 15 is 0 Å². The Bertz CT molecular complexity index is 512. The molecule has 2 rings (SSSR count). The van der Waals surface area contributed by atoms with Gasteiger partial charge in [-0.2, -0.15) is 0 Å². The van der Waals surface area contributed by atoms with Gasteiger partial charge in [-0.3, -0.25) is 9.30 Å². The van der Waals surface area contributed by atoms with Crippen molar-refractivity contribution < 1.29 is 5.11 Å². The third-order valence-corrected chi connectivity index (χ3v) is 3.97. The van der Waals surface area contributed by atoms with Crippen LogP contribution in [-0.4, -0.2) is 39.1 Å². The van der Waals surface area contributed by atoms with Crippen molar-refractivity contribution >= 4 is 16.3 Å². The minimum Gasteiger partial charge on any atom is -0.395 e. The highest BCUT2D eigenvalue weighted by Crippen LogP contribution is 2.21. The van der Waals surface area contributed by atoms with Crippen LogP contribution in [0.25, 0.3) is 4.96 Å². The van der Waals surface area contributed by atoms with E-state index in [2.05, 4.69) is 41.3 Å². The van der Waals surface area contributed by atoms with Crippen molar-refractivity contribution in [1.29, 1.82) is 0 Å². The molecule has 2 heterocycles. The largest absolute Gasteiger partial charge is 0.395 e. The first-order valence-corrected chi connectivity index (χ1v) is 7.24. The quantitative estimate of drug-likeness (QED) is 0.872. The molecule has 4 nitrogen and oxygen atoms in total. The van der Waals surface area contributed by atoms with Crippen molar-refractivity contribution in [3.8, 4) is 0 Å². The van der Waals surface area contributed by atoms with Crippen molar-refractivity contribution in [1.82, 2.24) is 14.3 Å². The Hall–Kier alpha value is -0.910. The Labute approximate surface area is 112 Å². The Morgan fingerprint density at radius 1 is 1.39 bits per heavy atom. The zero-order valence-electron chi connectivity index (χ0n) is 11.3. The number of aryl methyl sites for hydroxylation is 2. The topological polar surface area (TPSA) is 40.8 Å². The number of aliphatic hydroxyl groups excluding tert-OH is 1. The van der Waals surface area contributed by atoms with Crippen LogP contribution in [0.2, 0.25) is 0 Å². The van der Waals surface area contributed by atoms with Crippen molar-refractivity contribution in [3.63, 3.8) is 0 Å². The molecule has 0 aliphatic rings. The van der Waals surface area contributed by atoms with Gasteiger partial charge in [-0.15, -0.1) is 11.3 Å². The fourth-order valence-corrected chi connectivity index (χ4v) is 3.13. The maximum Gasteiger partial charge on any atom is 0.194 e. The van der Waals surface area contributed by atoms with Gasteiger partial charge >= 0.3 is 0 Å². The van der Waals surface area contributed by atoms with Gasteiger partial charge in [0.25, 0.3) is 0 Å². The predicted molar refractivity (Wildman–Crippen MR) is 75.2 cm³/mol. The van der Waals surface area contributed by atoms with Crippen LogP contribution < -0.4 is 0 Å². The molecule has 0 amide bonds. The number of thiazole rings is 1. The first kappa shape index (κ1) is 13.5. The predicted octanol–water partition coefficient (Wildman–Crippen LogP) is 2.22. The summed E-state index contributed by atoms with van der Waals surface area (Å²) in [7, 11) is 0. The summed E-state index contributed by atoms with van der Waals surface area (Å²) in [6.07, 6.45) is 3.25. The second-order valence-corrected chi connectivity index (χ2v) is 5.85. The van der Waals surface area contributed by atoms with E-state index in [0.29, 0.717) is 0 Å². The highest BCUT2D eigenvalue weighted by Gasteiger charge is 2.14. The third kappa shape index (κ3) is 2.74. The maximum absolute atomic E-state index is 9.12. The molecule has 100 valence electrons. The van der Waals surface area contributed by atoms with Crippen LogP contribution in [-0.2, 0) is 6.54 Å². The summed E-state index contributed by atoms with van der Waals surface area (Å²) in [5.74, 6) is 0. The van der Waals surface area contributed by atoms with Crippen molar-refractivity contribution in [3.05, 3.63) is 22.5 Å². The molecule has 0 unspecified atom stereocenters. The van der Waals surface area contributed by atoms with Crippen LogP contribution >= 0.6 is 11.3 Å². The number of rotatable bonds is 6. The van der Waals surface area contributed by atoms with Gasteiger partial charge in [0, 0.05) is 24.2 Å². The normalized spacial score (nSPS) is 11.8. The van der Waals surface area contributed by atoms with Crippen LogP contribution in [0.4, 0.5) is 0 Å². The van der Waals surface area contributed by atoms with E-state index < -0.39 is 0 Å². The molecular formula is C13H21N3OS. The summed E-state index contributed by atoms with van der Waals surface area (Å²) in [5.41, 5.74) is 2.34. The number of imidazole rings is 1. The lowest BCUT2D eigenvalue weighted by Crippen LogP contribution is -2.28. The van der Waals surface area contributed by atoms with Gasteiger partial charge in [0.1, 0.15) is 0 Å². The van der Waals surface area contributed by atoms with Gasteiger partial charge in [-0.05, 0) is 26.8 Å². The van der Waals surface area contributed by atoms with Crippen molar-refractivity contribution in [2.75, 3.05) is 19.7 Å². The summed E-state index contributed by atoms with van der Waals surface area (Å²) < 4.78 is 2.19. The molecule has 0 atom stereocenters. The molecule has 0 radical (unpaired) electrons.